The number of nitrogens with one attached hydrogen (secondary N) is 2. The number of hydrogen-bond donors (Lipinski definition) is 2. The molecule has 0 aliphatic rings. The second-order valence-electron chi connectivity index (χ2n) is 5.07. The number of carbonyl (C=O) groups excluding carboxylic acids is 2. The van der Waals surface area contributed by atoms with Crippen molar-refractivity contribution in [3.63, 3.8) is 0 Å². The number of carbonyl (C=O) groups is 2. The molecule has 0 heterocycles. The SMILES string of the molecule is O=C(C[S@@](=O)C/C=C/c1ccccc1)NNC(=O)c1ccc(F)cc1. The Kier molecular flexibility index (Phi) is 7.03. The highest BCUT2D eigenvalue weighted by Gasteiger charge is 2.09. The van der Waals surface area contributed by atoms with Crippen molar-refractivity contribution in [3.05, 3.63) is 77.6 Å². The van der Waals surface area contributed by atoms with E-state index in [1.54, 1.807) is 6.08 Å². The van der Waals surface area contributed by atoms with E-state index in [0.29, 0.717) is 0 Å². The van der Waals surface area contributed by atoms with Gasteiger partial charge in [-0.3, -0.25) is 24.6 Å². The van der Waals surface area contributed by atoms with Crippen LogP contribution in [-0.2, 0) is 15.6 Å². The average molecular weight is 360 g/mol. The van der Waals surface area contributed by atoms with Crippen molar-refractivity contribution in [1.29, 1.82) is 0 Å². The Hall–Kier alpha value is -2.80. The van der Waals surface area contributed by atoms with Crippen molar-refractivity contribution in [2.45, 2.75) is 0 Å². The Labute approximate surface area is 147 Å². The lowest BCUT2D eigenvalue weighted by molar-refractivity contribution is -0.119. The minimum atomic E-state index is -1.39. The van der Waals surface area contributed by atoms with E-state index < -0.39 is 28.4 Å². The predicted octanol–water partition coefficient (Wildman–Crippen LogP) is 2.05. The lowest BCUT2D eigenvalue weighted by Crippen LogP contribution is -2.43. The van der Waals surface area contributed by atoms with Gasteiger partial charge in [-0.2, -0.15) is 0 Å². The first-order valence-corrected chi connectivity index (χ1v) is 8.95. The number of benzene rings is 2. The van der Waals surface area contributed by atoms with Crippen molar-refractivity contribution < 1.29 is 18.2 Å². The van der Waals surface area contributed by atoms with Crippen LogP contribution in [0.1, 0.15) is 15.9 Å². The monoisotopic (exact) mass is 360 g/mol. The minimum Gasteiger partial charge on any atom is -0.272 e. The number of hydrogen-bond acceptors (Lipinski definition) is 3. The number of hydrazine groups is 1. The predicted molar refractivity (Wildman–Crippen MR) is 95.4 cm³/mol. The Morgan fingerprint density at radius 2 is 1.68 bits per heavy atom. The van der Waals surface area contributed by atoms with Crippen LogP contribution in [0.2, 0.25) is 0 Å². The van der Waals surface area contributed by atoms with Crippen LogP contribution >= 0.6 is 0 Å². The lowest BCUT2D eigenvalue weighted by atomic mass is 10.2. The van der Waals surface area contributed by atoms with Gasteiger partial charge in [0, 0.05) is 22.1 Å². The average Bonchev–Trinajstić information content (AvgIpc) is 2.61. The zero-order chi connectivity index (χ0) is 18.1. The first-order chi connectivity index (χ1) is 12.0. The maximum Gasteiger partial charge on any atom is 0.269 e. The first kappa shape index (κ1) is 18.5. The number of halogens is 1. The van der Waals surface area contributed by atoms with E-state index in [2.05, 4.69) is 10.9 Å². The Bertz CT molecular complexity index is 777. The molecule has 130 valence electrons. The molecule has 5 nitrogen and oxygen atoms in total. The van der Waals surface area contributed by atoms with Gasteiger partial charge >= 0.3 is 0 Å². The maximum atomic E-state index is 12.8. The van der Waals surface area contributed by atoms with E-state index in [0.717, 1.165) is 17.7 Å². The van der Waals surface area contributed by atoms with Crippen molar-refractivity contribution >= 4 is 28.7 Å². The van der Waals surface area contributed by atoms with Gasteiger partial charge in [-0.25, -0.2) is 4.39 Å². The summed E-state index contributed by atoms with van der Waals surface area (Å²) in [6, 6.07) is 14.4. The highest BCUT2D eigenvalue weighted by molar-refractivity contribution is 7.85. The summed E-state index contributed by atoms with van der Waals surface area (Å²) in [6.45, 7) is 0. The highest BCUT2D eigenvalue weighted by Crippen LogP contribution is 2.02. The van der Waals surface area contributed by atoms with Crippen molar-refractivity contribution in [2.24, 2.45) is 0 Å². The molecule has 2 aromatic rings. The van der Waals surface area contributed by atoms with E-state index in [1.165, 1.54) is 12.1 Å². The quantitative estimate of drug-likeness (QED) is 0.774. The summed E-state index contributed by atoms with van der Waals surface area (Å²) in [5.41, 5.74) is 5.56. The molecule has 0 aliphatic carbocycles. The van der Waals surface area contributed by atoms with E-state index >= 15 is 0 Å². The second-order valence-corrected chi connectivity index (χ2v) is 6.57. The van der Waals surface area contributed by atoms with Gasteiger partial charge in [0.05, 0.1) is 0 Å². The summed E-state index contributed by atoms with van der Waals surface area (Å²) in [5, 5.41) is 0. The van der Waals surface area contributed by atoms with Crippen molar-refractivity contribution in [2.75, 3.05) is 11.5 Å². The molecular weight excluding hydrogens is 343 g/mol. The largest absolute Gasteiger partial charge is 0.272 e. The minimum absolute atomic E-state index is 0.202. The molecule has 0 fully saturated rings. The van der Waals surface area contributed by atoms with E-state index in [9.17, 15) is 18.2 Å². The van der Waals surface area contributed by atoms with Crippen LogP contribution in [0.25, 0.3) is 6.08 Å². The first-order valence-electron chi connectivity index (χ1n) is 7.46. The molecule has 1 atom stereocenters. The van der Waals surface area contributed by atoms with Gasteiger partial charge < -0.3 is 0 Å². The van der Waals surface area contributed by atoms with E-state index in [-0.39, 0.29) is 17.1 Å². The van der Waals surface area contributed by atoms with Crippen LogP contribution in [0.15, 0.2) is 60.7 Å². The molecule has 2 amide bonds. The molecule has 0 aliphatic heterocycles. The van der Waals surface area contributed by atoms with Gasteiger partial charge in [0.2, 0.25) is 0 Å². The molecule has 0 saturated carbocycles. The number of rotatable bonds is 6. The molecule has 0 saturated heterocycles. The fraction of sp³-hybridized carbons (Fsp3) is 0.111. The lowest BCUT2D eigenvalue weighted by Gasteiger charge is -2.07. The normalized spacial score (nSPS) is 11.9. The van der Waals surface area contributed by atoms with Crippen molar-refractivity contribution in [3.8, 4) is 0 Å². The third kappa shape index (κ3) is 6.68. The molecule has 7 heteroatoms. The van der Waals surface area contributed by atoms with Gasteiger partial charge in [0.1, 0.15) is 11.6 Å². The zero-order valence-corrected chi connectivity index (χ0v) is 14.1. The molecule has 0 unspecified atom stereocenters. The topological polar surface area (TPSA) is 75.3 Å². The summed E-state index contributed by atoms with van der Waals surface area (Å²) < 4.78 is 24.6. The molecule has 2 aromatic carbocycles. The standard InChI is InChI=1S/C18H17FN2O3S/c19-16-10-8-15(9-11-16)18(23)21-20-17(22)13-25(24)12-4-7-14-5-2-1-3-6-14/h1-11H,12-13H2,(H,20,22)(H,21,23)/b7-4+/t25-/m0/s1. The Morgan fingerprint density at radius 1 is 1.00 bits per heavy atom. The molecule has 0 bridgehead atoms. The van der Waals surface area contributed by atoms with E-state index in [1.807, 2.05) is 36.4 Å². The van der Waals surface area contributed by atoms with Crippen LogP contribution in [0.4, 0.5) is 4.39 Å². The third-order valence-corrected chi connectivity index (χ3v) is 4.25. The van der Waals surface area contributed by atoms with Crippen LogP contribution in [0.3, 0.4) is 0 Å². The molecule has 0 radical (unpaired) electrons. The molecular formula is C18H17FN2O3S. The van der Waals surface area contributed by atoms with Crippen molar-refractivity contribution in [1.82, 2.24) is 10.9 Å². The zero-order valence-electron chi connectivity index (χ0n) is 13.3. The van der Waals surface area contributed by atoms with Crippen LogP contribution < -0.4 is 10.9 Å². The third-order valence-electron chi connectivity index (χ3n) is 3.11. The summed E-state index contributed by atoms with van der Waals surface area (Å²) in [5.74, 6) is -1.61. The van der Waals surface area contributed by atoms with Crippen LogP contribution in [0, 0.1) is 5.82 Å². The van der Waals surface area contributed by atoms with Crippen LogP contribution in [0.5, 0.6) is 0 Å². The molecule has 2 N–H and O–H groups in total. The van der Waals surface area contributed by atoms with Crippen LogP contribution in [-0.4, -0.2) is 27.5 Å². The van der Waals surface area contributed by atoms with E-state index in [4.69, 9.17) is 0 Å². The second kappa shape index (κ2) is 9.48. The summed E-state index contributed by atoms with van der Waals surface area (Å²) in [7, 11) is -1.39. The summed E-state index contributed by atoms with van der Waals surface area (Å²) in [6.07, 6.45) is 3.56. The Balaban J connectivity index is 1.72. The number of amides is 2. The van der Waals surface area contributed by atoms with Gasteiger partial charge in [-0.05, 0) is 29.8 Å². The maximum absolute atomic E-state index is 12.8. The summed E-state index contributed by atoms with van der Waals surface area (Å²) >= 11 is 0. The van der Waals surface area contributed by atoms with Gasteiger partial charge in [0.15, 0.2) is 0 Å². The smallest absolute Gasteiger partial charge is 0.269 e. The highest BCUT2D eigenvalue weighted by atomic mass is 32.2. The molecule has 0 spiro atoms. The molecule has 2 rings (SSSR count). The fourth-order valence-corrected chi connectivity index (χ4v) is 2.69. The van der Waals surface area contributed by atoms with Gasteiger partial charge in [0.25, 0.3) is 11.8 Å². The summed E-state index contributed by atoms with van der Waals surface area (Å²) in [4.78, 5) is 23.4. The molecule has 0 aromatic heterocycles. The van der Waals surface area contributed by atoms with Gasteiger partial charge in [-0.1, -0.05) is 42.5 Å². The van der Waals surface area contributed by atoms with Gasteiger partial charge in [-0.15, -0.1) is 0 Å². The Morgan fingerprint density at radius 3 is 2.36 bits per heavy atom. The fourth-order valence-electron chi connectivity index (χ4n) is 1.90. The molecule has 25 heavy (non-hydrogen) atoms.